The van der Waals surface area contributed by atoms with Gasteiger partial charge in [-0.25, -0.2) is 4.39 Å². The van der Waals surface area contributed by atoms with E-state index in [1.165, 1.54) is 0 Å². The minimum atomic E-state index is -0.250. The van der Waals surface area contributed by atoms with Crippen LogP contribution in [0.2, 0.25) is 0 Å². The Labute approximate surface area is 137 Å². The molecular weight excluding hydrogens is 343 g/mol. The van der Waals surface area contributed by atoms with Gasteiger partial charge in [0.15, 0.2) is 0 Å². The van der Waals surface area contributed by atoms with Crippen molar-refractivity contribution in [3.8, 4) is 16.9 Å². The van der Waals surface area contributed by atoms with Crippen LogP contribution in [-0.4, -0.2) is 0 Å². The molecular formula is C19H14BrFO. The lowest BCUT2D eigenvalue weighted by Gasteiger charge is -2.08. The molecule has 0 N–H and O–H groups in total. The zero-order chi connectivity index (χ0) is 15.4. The predicted molar refractivity (Wildman–Crippen MR) is 90.3 cm³/mol. The van der Waals surface area contributed by atoms with Crippen LogP contribution in [0.15, 0.2) is 77.3 Å². The Kier molecular flexibility index (Phi) is 4.54. The van der Waals surface area contributed by atoms with E-state index in [0.717, 1.165) is 16.9 Å². The normalized spacial score (nSPS) is 10.5. The van der Waals surface area contributed by atoms with Crippen molar-refractivity contribution < 1.29 is 9.13 Å². The van der Waals surface area contributed by atoms with Crippen molar-refractivity contribution >= 4 is 15.9 Å². The van der Waals surface area contributed by atoms with Gasteiger partial charge in [0.25, 0.3) is 0 Å². The van der Waals surface area contributed by atoms with Gasteiger partial charge in [-0.05, 0) is 45.3 Å². The summed E-state index contributed by atoms with van der Waals surface area (Å²) in [5, 5.41) is 0. The second-order valence-electron chi connectivity index (χ2n) is 4.90. The van der Waals surface area contributed by atoms with Crippen LogP contribution < -0.4 is 4.74 Å². The Hall–Kier alpha value is -2.13. The van der Waals surface area contributed by atoms with Crippen LogP contribution in [0.4, 0.5) is 4.39 Å². The second kappa shape index (κ2) is 6.75. The molecule has 0 saturated heterocycles. The molecule has 0 aliphatic heterocycles. The summed E-state index contributed by atoms with van der Waals surface area (Å²) in [5.41, 5.74) is 2.51. The van der Waals surface area contributed by atoms with E-state index >= 15 is 0 Å². The molecule has 0 fully saturated rings. The molecule has 0 unspecified atom stereocenters. The van der Waals surface area contributed by atoms with Crippen molar-refractivity contribution in [1.82, 2.24) is 0 Å². The number of hydrogen-bond acceptors (Lipinski definition) is 1. The number of halogens is 2. The molecule has 1 nitrogen and oxygen atoms in total. The van der Waals surface area contributed by atoms with Crippen molar-refractivity contribution in [2.24, 2.45) is 0 Å². The van der Waals surface area contributed by atoms with Gasteiger partial charge in [0.1, 0.15) is 18.2 Å². The molecule has 3 aromatic rings. The van der Waals surface area contributed by atoms with Gasteiger partial charge >= 0.3 is 0 Å². The van der Waals surface area contributed by atoms with Crippen LogP contribution in [0.5, 0.6) is 5.75 Å². The molecule has 0 saturated carbocycles. The van der Waals surface area contributed by atoms with Crippen LogP contribution in [0.1, 0.15) is 5.56 Å². The molecule has 110 valence electrons. The molecule has 0 spiro atoms. The van der Waals surface area contributed by atoms with Gasteiger partial charge in [-0.1, -0.05) is 54.6 Å². The van der Waals surface area contributed by atoms with E-state index in [4.69, 9.17) is 4.74 Å². The van der Waals surface area contributed by atoms with Gasteiger partial charge in [0.2, 0.25) is 0 Å². The molecule has 0 atom stereocenters. The molecule has 22 heavy (non-hydrogen) atoms. The number of ether oxygens (including phenoxy) is 1. The first kappa shape index (κ1) is 14.8. The molecule has 0 radical (unpaired) electrons. The lowest BCUT2D eigenvalue weighted by Crippen LogP contribution is -1.94. The quantitative estimate of drug-likeness (QED) is 0.570. The largest absolute Gasteiger partial charge is 0.489 e. The van der Waals surface area contributed by atoms with Crippen LogP contribution in [0.25, 0.3) is 11.1 Å². The zero-order valence-corrected chi connectivity index (χ0v) is 13.4. The first-order chi connectivity index (χ1) is 10.7. The Bertz CT molecular complexity index is 754. The SMILES string of the molecule is Fc1c(Br)cccc1-c1ccc(OCc2ccccc2)cc1. The number of benzene rings is 3. The Balaban J connectivity index is 1.74. The highest BCUT2D eigenvalue weighted by Gasteiger charge is 2.08. The summed E-state index contributed by atoms with van der Waals surface area (Å²) in [6.45, 7) is 0.519. The highest BCUT2D eigenvalue weighted by atomic mass is 79.9. The smallest absolute Gasteiger partial charge is 0.145 e. The molecule has 0 bridgehead atoms. The lowest BCUT2D eigenvalue weighted by molar-refractivity contribution is 0.306. The maximum atomic E-state index is 14.1. The summed E-state index contributed by atoms with van der Waals surface area (Å²) < 4.78 is 20.3. The third-order valence-corrected chi connectivity index (χ3v) is 3.98. The minimum absolute atomic E-state index is 0.250. The highest BCUT2D eigenvalue weighted by molar-refractivity contribution is 9.10. The predicted octanol–water partition coefficient (Wildman–Crippen LogP) is 5.83. The van der Waals surface area contributed by atoms with E-state index in [2.05, 4.69) is 15.9 Å². The summed E-state index contributed by atoms with van der Waals surface area (Å²) >= 11 is 3.21. The van der Waals surface area contributed by atoms with Crippen molar-refractivity contribution in [1.29, 1.82) is 0 Å². The first-order valence-corrected chi connectivity index (χ1v) is 7.74. The summed E-state index contributed by atoms with van der Waals surface area (Å²) in [6.07, 6.45) is 0. The first-order valence-electron chi connectivity index (χ1n) is 6.95. The Morgan fingerprint density at radius 2 is 1.55 bits per heavy atom. The Morgan fingerprint density at radius 3 is 2.27 bits per heavy atom. The molecule has 0 heterocycles. The maximum Gasteiger partial charge on any atom is 0.145 e. The molecule has 0 aromatic heterocycles. The fourth-order valence-corrected chi connectivity index (χ4v) is 2.56. The minimum Gasteiger partial charge on any atom is -0.489 e. The second-order valence-corrected chi connectivity index (χ2v) is 5.75. The summed E-state index contributed by atoms with van der Waals surface area (Å²) in [7, 11) is 0. The van der Waals surface area contributed by atoms with Gasteiger partial charge in [0.05, 0.1) is 4.47 Å². The fraction of sp³-hybridized carbons (Fsp3) is 0.0526. The summed E-state index contributed by atoms with van der Waals surface area (Å²) in [6, 6.07) is 22.7. The summed E-state index contributed by atoms with van der Waals surface area (Å²) in [4.78, 5) is 0. The number of rotatable bonds is 4. The van der Waals surface area contributed by atoms with Crippen molar-refractivity contribution in [3.05, 3.63) is 88.6 Å². The standard InChI is InChI=1S/C19H14BrFO/c20-18-8-4-7-17(19(18)21)15-9-11-16(12-10-15)22-13-14-5-2-1-3-6-14/h1-12H,13H2. The third-order valence-electron chi connectivity index (χ3n) is 3.37. The number of hydrogen-bond donors (Lipinski definition) is 0. The molecule has 0 aliphatic carbocycles. The van der Waals surface area contributed by atoms with Crippen LogP contribution >= 0.6 is 15.9 Å². The van der Waals surface area contributed by atoms with Gasteiger partial charge in [-0.2, -0.15) is 0 Å². The van der Waals surface area contributed by atoms with Crippen molar-refractivity contribution in [2.75, 3.05) is 0 Å². The van der Waals surface area contributed by atoms with Crippen LogP contribution in [-0.2, 0) is 6.61 Å². The maximum absolute atomic E-state index is 14.1. The topological polar surface area (TPSA) is 9.23 Å². The van der Waals surface area contributed by atoms with E-state index in [-0.39, 0.29) is 5.82 Å². The van der Waals surface area contributed by atoms with E-state index in [1.54, 1.807) is 12.1 Å². The highest BCUT2D eigenvalue weighted by Crippen LogP contribution is 2.29. The molecule has 3 rings (SSSR count). The molecule has 0 amide bonds. The molecule has 3 heteroatoms. The Morgan fingerprint density at radius 1 is 0.818 bits per heavy atom. The van der Waals surface area contributed by atoms with Gasteiger partial charge in [-0.3, -0.25) is 0 Å². The summed E-state index contributed by atoms with van der Waals surface area (Å²) in [5.74, 6) is 0.517. The van der Waals surface area contributed by atoms with E-state index in [9.17, 15) is 4.39 Å². The average Bonchev–Trinajstić information content (AvgIpc) is 2.57. The van der Waals surface area contributed by atoms with Gasteiger partial charge < -0.3 is 4.74 Å². The van der Waals surface area contributed by atoms with Crippen molar-refractivity contribution in [2.45, 2.75) is 6.61 Å². The fourth-order valence-electron chi connectivity index (χ4n) is 2.20. The van der Waals surface area contributed by atoms with Crippen LogP contribution in [0.3, 0.4) is 0 Å². The molecule has 3 aromatic carbocycles. The van der Waals surface area contributed by atoms with Crippen molar-refractivity contribution in [3.63, 3.8) is 0 Å². The van der Waals surface area contributed by atoms with E-state index < -0.39 is 0 Å². The zero-order valence-electron chi connectivity index (χ0n) is 11.8. The van der Waals surface area contributed by atoms with Gasteiger partial charge in [0, 0.05) is 5.56 Å². The van der Waals surface area contributed by atoms with E-state index in [0.29, 0.717) is 16.6 Å². The average molecular weight is 357 g/mol. The van der Waals surface area contributed by atoms with Crippen LogP contribution in [0, 0.1) is 5.82 Å². The van der Waals surface area contributed by atoms with Gasteiger partial charge in [-0.15, -0.1) is 0 Å². The molecule has 0 aliphatic rings. The third kappa shape index (κ3) is 3.37. The van der Waals surface area contributed by atoms with E-state index in [1.807, 2.05) is 60.7 Å². The monoisotopic (exact) mass is 356 g/mol. The lowest BCUT2D eigenvalue weighted by atomic mass is 10.1.